The van der Waals surface area contributed by atoms with Gasteiger partial charge in [0.2, 0.25) is 17.6 Å². The number of aryl methyl sites for hydroxylation is 3. The molecule has 30 heavy (non-hydrogen) atoms. The van der Waals surface area contributed by atoms with Crippen molar-refractivity contribution < 1.29 is 9.32 Å². The van der Waals surface area contributed by atoms with E-state index in [9.17, 15) is 4.79 Å². The van der Waals surface area contributed by atoms with Gasteiger partial charge in [0.15, 0.2) is 5.82 Å². The first-order valence-electron chi connectivity index (χ1n) is 9.68. The molecule has 0 radical (unpaired) electrons. The lowest BCUT2D eigenvalue weighted by Crippen LogP contribution is -2.22. The zero-order valence-corrected chi connectivity index (χ0v) is 16.9. The molecule has 2 aromatic carbocycles. The molecule has 5 rings (SSSR count). The second kappa shape index (κ2) is 6.88. The predicted molar refractivity (Wildman–Crippen MR) is 112 cm³/mol. The molecule has 7 heteroatoms. The van der Waals surface area contributed by atoms with Gasteiger partial charge < -0.3 is 4.52 Å². The highest BCUT2D eigenvalue weighted by molar-refractivity contribution is 6.08. The van der Waals surface area contributed by atoms with Gasteiger partial charge in [-0.15, -0.1) is 0 Å². The van der Waals surface area contributed by atoms with Crippen molar-refractivity contribution in [2.45, 2.75) is 27.2 Å². The van der Waals surface area contributed by atoms with E-state index in [1.807, 2.05) is 62.4 Å². The highest BCUT2D eigenvalue weighted by Crippen LogP contribution is 2.40. The minimum atomic E-state index is -0.0591. The smallest absolute Gasteiger partial charge is 0.237 e. The van der Waals surface area contributed by atoms with Gasteiger partial charge in [0, 0.05) is 18.1 Å². The van der Waals surface area contributed by atoms with Crippen LogP contribution in [0, 0.1) is 20.8 Å². The number of rotatable bonds is 3. The van der Waals surface area contributed by atoms with E-state index in [1.165, 1.54) is 0 Å². The van der Waals surface area contributed by atoms with Gasteiger partial charge >= 0.3 is 0 Å². The molecule has 7 nitrogen and oxygen atoms in total. The van der Waals surface area contributed by atoms with E-state index in [4.69, 9.17) is 14.5 Å². The van der Waals surface area contributed by atoms with Crippen LogP contribution in [0.2, 0.25) is 0 Å². The number of carbonyl (C=O) groups excluding carboxylic acids is 1. The Bertz CT molecular complexity index is 1280. The molecule has 0 spiro atoms. The Kier molecular flexibility index (Phi) is 4.17. The van der Waals surface area contributed by atoms with Crippen LogP contribution in [-0.4, -0.2) is 26.0 Å². The molecule has 1 aliphatic heterocycles. The standard InChI is InChI=1S/C23H19N5O2/c1-13-8-10-16(11-9-13)21-25-20(22-24-15(3)30-27-22)17-12-19(29)28(23(17)26-21)18-7-5-4-6-14(18)2/h4-11H,12H2,1-3H3. The number of fused-ring (bicyclic) bond motifs is 1. The fourth-order valence-corrected chi connectivity index (χ4v) is 3.64. The Balaban J connectivity index is 1.76. The van der Waals surface area contributed by atoms with Crippen LogP contribution in [0.5, 0.6) is 0 Å². The van der Waals surface area contributed by atoms with Gasteiger partial charge in [-0.3, -0.25) is 9.69 Å². The third-order valence-electron chi connectivity index (χ3n) is 5.18. The summed E-state index contributed by atoms with van der Waals surface area (Å²) in [6.07, 6.45) is 0.181. The molecule has 3 heterocycles. The Morgan fingerprint density at radius 2 is 1.67 bits per heavy atom. The van der Waals surface area contributed by atoms with Crippen molar-refractivity contribution in [2.24, 2.45) is 0 Å². The van der Waals surface area contributed by atoms with E-state index in [0.717, 1.165) is 22.4 Å². The van der Waals surface area contributed by atoms with Gasteiger partial charge in [0.1, 0.15) is 11.5 Å². The maximum atomic E-state index is 13.1. The van der Waals surface area contributed by atoms with Crippen LogP contribution >= 0.6 is 0 Å². The monoisotopic (exact) mass is 397 g/mol. The zero-order valence-electron chi connectivity index (χ0n) is 16.9. The fourth-order valence-electron chi connectivity index (χ4n) is 3.64. The maximum Gasteiger partial charge on any atom is 0.237 e. The number of hydrogen-bond donors (Lipinski definition) is 0. The predicted octanol–water partition coefficient (Wildman–Crippen LogP) is 4.34. The Morgan fingerprint density at radius 3 is 2.37 bits per heavy atom. The molecular formula is C23H19N5O2. The van der Waals surface area contributed by atoms with E-state index in [-0.39, 0.29) is 12.3 Å². The molecule has 0 saturated heterocycles. The first kappa shape index (κ1) is 18.2. The average Bonchev–Trinajstić information content (AvgIpc) is 3.31. The topological polar surface area (TPSA) is 85.0 Å². The lowest BCUT2D eigenvalue weighted by Gasteiger charge is -2.19. The summed E-state index contributed by atoms with van der Waals surface area (Å²) in [5.74, 6) is 1.82. The van der Waals surface area contributed by atoms with Gasteiger partial charge in [-0.1, -0.05) is 53.2 Å². The van der Waals surface area contributed by atoms with Gasteiger partial charge in [-0.2, -0.15) is 4.98 Å². The molecule has 1 aliphatic rings. The fraction of sp³-hybridized carbons (Fsp3) is 0.174. The summed E-state index contributed by atoms with van der Waals surface area (Å²) in [6.45, 7) is 5.73. The second-order valence-corrected chi connectivity index (χ2v) is 7.39. The molecule has 148 valence electrons. The van der Waals surface area contributed by atoms with Crippen LogP contribution in [0.1, 0.15) is 22.6 Å². The number of aromatic nitrogens is 4. The first-order chi connectivity index (χ1) is 14.5. The van der Waals surface area contributed by atoms with E-state index in [2.05, 4.69) is 10.1 Å². The minimum Gasteiger partial charge on any atom is -0.339 e. The maximum absolute atomic E-state index is 13.1. The van der Waals surface area contributed by atoms with E-state index in [0.29, 0.717) is 34.6 Å². The average molecular weight is 397 g/mol. The zero-order chi connectivity index (χ0) is 20.8. The Hall–Kier alpha value is -3.87. The molecule has 1 amide bonds. The molecular weight excluding hydrogens is 378 g/mol. The van der Waals surface area contributed by atoms with Crippen LogP contribution in [0.15, 0.2) is 53.1 Å². The van der Waals surface area contributed by atoms with Crippen molar-refractivity contribution in [3.63, 3.8) is 0 Å². The number of anilines is 2. The van der Waals surface area contributed by atoms with Gasteiger partial charge in [-0.25, -0.2) is 9.97 Å². The summed E-state index contributed by atoms with van der Waals surface area (Å²) in [5, 5.41) is 4.05. The molecule has 0 N–H and O–H groups in total. The van der Waals surface area contributed by atoms with E-state index < -0.39 is 0 Å². The van der Waals surface area contributed by atoms with E-state index >= 15 is 0 Å². The first-order valence-corrected chi connectivity index (χ1v) is 9.68. The molecule has 0 aliphatic carbocycles. The molecule has 0 saturated carbocycles. The molecule has 4 aromatic rings. The van der Waals surface area contributed by atoms with Crippen LogP contribution < -0.4 is 4.90 Å². The summed E-state index contributed by atoms with van der Waals surface area (Å²) in [5.41, 5.74) is 5.03. The quantitative estimate of drug-likeness (QED) is 0.511. The number of para-hydroxylation sites is 1. The van der Waals surface area contributed by atoms with Crippen LogP contribution in [-0.2, 0) is 11.2 Å². The molecule has 0 bridgehead atoms. The SMILES string of the molecule is Cc1ccc(-c2nc(-c3noc(C)n3)c3c(n2)N(c2ccccc2C)C(=O)C3)cc1. The molecule has 0 fully saturated rings. The lowest BCUT2D eigenvalue weighted by atomic mass is 10.1. The Labute approximate surface area is 173 Å². The number of benzene rings is 2. The normalized spacial score (nSPS) is 13.0. The Morgan fingerprint density at radius 1 is 0.900 bits per heavy atom. The summed E-state index contributed by atoms with van der Waals surface area (Å²) in [7, 11) is 0. The summed E-state index contributed by atoms with van der Waals surface area (Å²) < 4.78 is 5.18. The van der Waals surface area contributed by atoms with Crippen molar-refractivity contribution >= 4 is 17.4 Å². The largest absolute Gasteiger partial charge is 0.339 e. The summed E-state index contributed by atoms with van der Waals surface area (Å²) in [4.78, 5) is 28.6. The van der Waals surface area contributed by atoms with Gasteiger partial charge in [0.25, 0.3) is 0 Å². The van der Waals surface area contributed by atoms with Crippen molar-refractivity contribution in [3.8, 4) is 22.9 Å². The number of hydrogen-bond acceptors (Lipinski definition) is 6. The number of amides is 1. The van der Waals surface area contributed by atoms with Gasteiger partial charge in [0.05, 0.1) is 12.1 Å². The summed E-state index contributed by atoms with van der Waals surface area (Å²) >= 11 is 0. The van der Waals surface area contributed by atoms with Crippen LogP contribution in [0.25, 0.3) is 22.9 Å². The van der Waals surface area contributed by atoms with E-state index in [1.54, 1.807) is 11.8 Å². The highest BCUT2D eigenvalue weighted by atomic mass is 16.5. The number of carbonyl (C=O) groups is 1. The summed E-state index contributed by atoms with van der Waals surface area (Å²) in [6, 6.07) is 15.7. The third kappa shape index (κ3) is 2.95. The lowest BCUT2D eigenvalue weighted by molar-refractivity contribution is -0.116. The van der Waals surface area contributed by atoms with Crippen molar-refractivity contribution in [1.29, 1.82) is 0 Å². The van der Waals surface area contributed by atoms with Crippen molar-refractivity contribution in [2.75, 3.05) is 4.90 Å². The molecule has 0 unspecified atom stereocenters. The van der Waals surface area contributed by atoms with Crippen molar-refractivity contribution in [1.82, 2.24) is 20.1 Å². The molecule has 2 aromatic heterocycles. The van der Waals surface area contributed by atoms with Gasteiger partial charge in [-0.05, 0) is 25.5 Å². The van der Waals surface area contributed by atoms with Crippen LogP contribution in [0.4, 0.5) is 11.5 Å². The third-order valence-corrected chi connectivity index (χ3v) is 5.18. The van der Waals surface area contributed by atoms with Crippen molar-refractivity contribution in [3.05, 3.63) is 71.1 Å². The molecule has 0 atom stereocenters. The minimum absolute atomic E-state index is 0.0591. The van der Waals surface area contributed by atoms with Crippen LogP contribution in [0.3, 0.4) is 0 Å². The highest BCUT2D eigenvalue weighted by Gasteiger charge is 2.35. The second-order valence-electron chi connectivity index (χ2n) is 7.39. The number of nitrogens with zero attached hydrogens (tertiary/aromatic N) is 5.